The monoisotopic (exact) mass is 336 g/mol. The molecule has 0 saturated heterocycles. The van der Waals surface area contributed by atoms with Gasteiger partial charge >= 0.3 is 0 Å². The van der Waals surface area contributed by atoms with Crippen LogP contribution in [0.4, 0.5) is 11.4 Å². The number of halogens is 2. The van der Waals surface area contributed by atoms with Crippen LogP contribution in [0.25, 0.3) is 0 Å². The Kier molecular flexibility index (Phi) is 5.33. The molecule has 5 heteroatoms. The zero-order valence-electron chi connectivity index (χ0n) is 12.7. The third-order valence-electron chi connectivity index (χ3n) is 3.33. The number of carbonyl (C=O) groups is 1. The van der Waals surface area contributed by atoms with Crippen LogP contribution < -0.4 is 10.6 Å². The Hall–Kier alpha value is -1.71. The normalized spacial score (nSPS) is 11.9. The molecule has 0 radical (unpaired) electrons. The highest BCUT2D eigenvalue weighted by atomic mass is 35.5. The molecule has 1 amide bonds. The van der Waals surface area contributed by atoms with E-state index in [0.29, 0.717) is 15.7 Å². The fourth-order valence-corrected chi connectivity index (χ4v) is 2.45. The average molecular weight is 337 g/mol. The smallest absolute Gasteiger partial charge is 0.246 e. The van der Waals surface area contributed by atoms with E-state index in [9.17, 15) is 4.79 Å². The van der Waals surface area contributed by atoms with Gasteiger partial charge in [-0.25, -0.2) is 0 Å². The molecular formula is C17H18Cl2N2O. The van der Waals surface area contributed by atoms with Crippen LogP contribution in [0.2, 0.25) is 10.0 Å². The minimum atomic E-state index is -0.406. The van der Waals surface area contributed by atoms with E-state index in [1.807, 2.05) is 26.0 Å². The molecule has 0 aliphatic carbocycles. The first-order valence-electron chi connectivity index (χ1n) is 6.96. The SMILES string of the molecule is Cc1ccc(N[C@@H](C)C(=O)Nc2cc(Cl)ccc2Cl)c(C)c1. The first-order valence-corrected chi connectivity index (χ1v) is 7.72. The summed E-state index contributed by atoms with van der Waals surface area (Å²) in [6, 6.07) is 10.6. The lowest BCUT2D eigenvalue weighted by molar-refractivity contribution is -0.116. The van der Waals surface area contributed by atoms with Crippen molar-refractivity contribution in [2.75, 3.05) is 10.6 Å². The maximum atomic E-state index is 12.3. The Morgan fingerprint density at radius 1 is 1.05 bits per heavy atom. The second kappa shape index (κ2) is 7.03. The van der Waals surface area contributed by atoms with Crippen LogP contribution >= 0.6 is 23.2 Å². The van der Waals surface area contributed by atoms with E-state index in [2.05, 4.69) is 16.7 Å². The van der Waals surface area contributed by atoms with Crippen LogP contribution in [-0.2, 0) is 4.79 Å². The van der Waals surface area contributed by atoms with Crippen molar-refractivity contribution in [3.8, 4) is 0 Å². The zero-order chi connectivity index (χ0) is 16.3. The molecule has 2 N–H and O–H groups in total. The Balaban J connectivity index is 2.07. The molecule has 0 spiro atoms. The van der Waals surface area contributed by atoms with E-state index >= 15 is 0 Å². The minimum absolute atomic E-state index is 0.177. The van der Waals surface area contributed by atoms with Crippen LogP contribution in [0.5, 0.6) is 0 Å². The van der Waals surface area contributed by atoms with Crippen LogP contribution in [-0.4, -0.2) is 11.9 Å². The van der Waals surface area contributed by atoms with Gasteiger partial charge in [-0.15, -0.1) is 0 Å². The topological polar surface area (TPSA) is 41.1 Å². The van der Waals surface area contributed by atoms with E-state index in [1.165, 1.54) is 5.56 Å². The molecule has 116 valence electrons. The van der Waals surface area contributed by atoms with Crippen molar-refractivity contribution in [3.63, 3.8) is 0 Å². The maximum absolute atomic E-state index is 12.3. The van der Waals surface area contributed by atoms with E-state index in [0.717, 1.165) is 11.3 Å². The number of hydrogen-bond donors (Lipinski definition) is 2. The highest BCUT2D eigenvalue weighted by Crippen LogP contribution is 2.25. The number of carbonyl (C=O) groups excluding carboxylic acids is 1. The molecule has 3 nitrogen and oxygen atoms in total. The number of amides is 1. The van der Waals surface area contributed by atoms with Crippen molar-refractivity contribution in [1.82, 2.24) is 0 Å². The van der Waals surface area contributed by atoms with Gasteiger partial charge in [0.1, 0.15) is 6.04 Å². The fraction of sp³-hybridized carbons (Fsp3) is 0.235. The van der Waals surface area contributed by atoms with Crippen molar-refractivity contribution in [2.45, 2.75) is 26.8 Å². The summed E-state index contributed by atoms with van der Waals surface area (Å²) in [6.07, 6.45) is 0. The number of hydrogen-bond acceptors (Lipinski definition) is 2. The lowest BCUT2D eigenvalue weighted by Gasteiger charge is -2.17. The first-order chi connectivity index (χ1) is 10.4. The van der Waals surface area contributed by atoms with Crippen LogP contribution in [0.1, 0.15) is 18.1 Å². The molecule has 0 heterocycles. The highest BCUT2D eigenvalue weighted by Gasteiger charge is 2.15. The number of aryl methyl sites for hydroxylation is 2. The van der Waals surface area contributed by atoms with E-state index < -0.39 is 6.04 Å². The molecule has 2 aromatic carbocycles. The molecule has 0 aliphatic heterocycles. The van der Waals surface area contributed by atoms with Gasteiger partial charge in [0.2, 0.25) is 5.91 Å². The van der Waals surface area contributed by atoms with Crippen molar-refractivity contribution in [3.05, 3.63) is 57.6 Å². The van der Waals surface area contributed by atoms with Crippen molar-refractivity contribution in [2.24, 2.45) is 0 Å². The molecule has 0 aromatic heterocycles. The molecule has 2 rings (SSSR count). The molecule has 0 bridgehead atoms. The van der Waals surface area contributed by atoms with Gasteiger partial charge in [0.05, 0.1) is 10.7 Å². The third kappa shape index (κ3) is 4.15. The summed E-state index contributed by atoms with van der Waals surface area (Å²) < 4.78 is 0. The average Bonchev–Trinajstić information content (AvgIpc) is 2.45. The summed E-state index contributed by atoms with van der Waals surface area (Å²) in [5, 5.41) is 6.97. The van der Waals surface area contributed by atoms with Gasteiger partial charge in [0.15, 0.2) is 0 Å². The Morgan fingerprint density at radius 2 is 1.77 bits per heavy atom. The van der Waals surface area contributed by atoms with Gasteiger partial charge in [-0.1, -0.05) is 40.9 Å². The predicted molar refractivity (Wildman–Crippen MR) is 94.1 cm³/mol. The van der Waals surface area contributed by atoms with Gasteiger partial charge < -0.3 is 10.6 Å². The van der Waals surface area contributed by atoms with Gasteiger partial charge in [-0.3, -0.25) is 4.79 Å². The van der Waals surface area contributed by atoms with E-state index in [1.54, 1.807) is 25.1 Å². The first kappa shape index (κ1) is 16.7. The van der Waals surface area contributed by atoms with Crippen LogP contribution in [0.15, 0.2) is 36.4 Å². The lowest BCUT2D eigenvalue weighted by atomic mass is 10.1. The highest BCUT2D eigenvalue weighted by molar-refractivity contribution is 6.35. The number of rotatable bonds is 4. The Morgan fingerprint density at radius 3 is 2.45 bits per heavy atom. The van der Waals surface area contributed by atoms with Crippen LogP contribution in [0.3, 0.4) is 0 Å². The second-order valence-corrected chi connectivity index (χ2v) is 6.14. The molecule has 0 fully saturated rings. The maximum Gasteiger partial charge on any atom is 0.246 e. The van der Waals surface area contributed by atoms with Gasteiger partial charge in [-0.05, 0) is 50.6 Å². The summed E-state index contributed by atoms with van der Waals surface area (Å²) in [5.41, 5.74) is 3.73. The van der Waals surface area contributed by atoms with Gasteiger partial charge in [0, 0.05) is 10.7 Å². The molecule has 2 aromatic rings. The molecule has 22 heavy (non-hydrogen) atoms. The van der Waals surface area contributed by atoms with Gasteiger partial charge in [-0.2, -0.15) is 0 Å². The third-order valence-corrected chi connectivity index (χ3v) is 3.90. The standard InChI is InChI=1S/C17H18Cl2N2O/c1-10-4-7-15(11(2)8-10)20-12(3)17(22)21-16-9-13(18)5-6-14(16)19/h4-9,12,20H,1-3H3,(H,21,22)/t12-/m0/s1. The summed E-state index contributed by atoms with van der Waals surface area (Å²) >= 11 is 12.0. The molecule has 0 saturated carbocycles. The number of nitrogens with one attached hydrogen (secondary N) is 2. The van der Waals surface area contributed by atoms with E-state index in [4.69, 9.17) is 23.2 Å². The Labute approximate surface area is 140 Å². The van der Waals surface area contributed by atoms with Gasteiger partial charge in [0.25, 0.3) is 0 Å². The number of anilines is 2. The van der Waals surface area contributed by atoms with Crippen LogP contribution in [0, 0.1) is 13.8 Å². The summed E-state index contributed by atoms with van der Waals surface area (Å²) in [5.74, 6) is -0.177. The summed E-state index contributed by atoms with van der Waals surface area (Å²) in [6.45, 7) is 5.84. The lowest BCUT2D eigenvalue weighted by Crippen LogP contribution is -2.32. The number of benzene rings is 2. The summed E-state index contributed by atoms with van der Waals surface area (Å²) in [4.78, 5) is 12.3. The molecule has 1 atom stereocenters. The van der Waals surface area contributed by atoms with Crippen molar-refractivity contribution >= 4 is 40.5 Å². The van der Waals surface area contributed by atoms with Crippen molar-refractivity contribution < 1.29 is 4.79 Å². The van der Waals surface area contributed by atoms with E-state index in [-0.39, 0.29) is 5.91 Å². The fourth-order valence-electron chi connectivity index (χ4n) is 2.11. The minimum Gasteiger partial charge on any atom is -0.374 e. The Bertz CT molecular complexity index is 701. The largest absolute Gasteiger partial charge is 0.374 e. The quantitative estimate of drug-likeness (QED) is 0.820. The molecule has 0 unspecified atom stereocenters. The molecular weight excluding hydrogens is 319 g/mol. The summed E-state index contributed by atoms with van der Waals surface area (Å²) in [7, 11) is 0. The zero-order valence-corrected chi connectivity index (χ0v) is 14.2. The molecule has 0 aliphatic rings. The second-order valence-electron chi connectivity index (χ2n) is 5.30. The van der Waals surface area contributed by atoms with Crippen molar-refractivity contribution in [1.29, 1.82) is 0 Å². The predicted octanol–water partition coefficient (Wildman–Crippen LogP) is 5.05.